The number of ether oxygens (including phenoxy) is 1. The first-order valence-electron chi connectivity index (χ1n) is 4.78. The summed E-state index contributed by atoms with van der Waals surface area (Å²) in [6, 6.07) is 6.22. The summed E-state index contributed by atoms with van der Waals surface area (Å²) in [6.45, 7) is 0.0189. The number of methoxy groups -OCH3 is 1. The lowest BCUT2D eigenvalue weighted by Crippen LogP contribution is -2.26. The number of benzene rings is 1. The summed E-state index contributed by atoms with van der Waals surface area (Å²) in [5.74, 6) is -0.455. The molecule has 1 aromatic rings. The van der Waals surface area contributed by atoms with Gasteiger partial charge in [0.25, 0.3) is 0 Å². The standard InChI is InChI=1S/C10H12BrNO4S/c1-16-10(13)6-7-12-17(14,15)9-4-2-8(11)3-5-9/h2-5,12H,6-7H2,1H3. The molecule has 94 valence electrons. The zero-order valence-electron chi connectivity index (χ0n) is 9.14. The second-order valence-electron chi connectivity index (χ2n) is 3.18. The van der Waals surface area contributed by atoms with Crippen molar-refractivity contribution < 1.29 is 17.9 Å². The molecule has 0 heterocycles. The van der Waals surface area contributed by atoms with Gasteiger partial charge >= 0.3 is 5.97 Å². The van der Waals surface area contributed by atoms with E-state index >= 15 is 0 Å². The minimum absolute atomic E-state index is 0.00621. The first kappa shape index (κ1) is 14.1. The maximum Gasteiger partial charge on any atom is 0.306 e. The second-order valence-corrected chi connectivity index (χ2v) is 5.86. The Labute approximate surface area is 108 Å². The summed E-state index contributed by atoms with van der Waals surface area (Å²) in [5.41, 5.74) is 0. The van der Waals surface area contributed by atoms with E-state index in [4.69, 9.17) is 0 Å². The van der Waals surface area contributed by atoms with Crippen LogP contribution in [0.4, 0.5) is 0 Å². The second kappa shape index (κ2) is 6.13. The number of hydrogen-bond acceptors (Lipinski definition) is 4. The molecule has 0 amide bonds. The fourth-order valence-corrected chi connectivity index (χ4v) is 2.38. The van der Waals surface area contributed by atoms with Crippen molar-refractivity contribution in [2.45, 2.75) is 11.3 Å². The van der Waals surface area contributed by atoms with E-state index in [9.17, 15) is 13.2 Å². The van der Waals surface area contributed by atoms with Crippen LogP contribution in [0.1, 0.15) is 6.42 Å². The van der Waals surface area contributed by atoms with Crippen molar-refractivity contribution in [2.75, 3.05) is 13.7 Å². The Morgan fingerprint density at radius 3 is 2.47 bits per heavy atom. The monoisotopic (exact) mass is 321 g/mol. The molecule has 0 radical (unpaired) electrons. The molecule has 0 spiro atoms. The molecule has 5 nitrogen and oxygen atoms in total. The summed E-state index contributed by atoms with van der Waals surface area (Å²) in [4.78, 5) is 11.0. The Kier molecular flexibility index (Phi) is 5.10. The van der Waals surface area contributed by atoms with Gasteiger partial charge in [-0.2, -0.15) is 0 Å². The minimum atomic E-state index is -3.56. The van der Waals surface area contributed by atoms with Gasteiger partial charge in [-0.15, -0.1) is 0 Å². The van der Waals surface area contributed by atoms with Gasteiger partial charge in [0.15, 0.2) is 0 Å². The molecule has 0 atom stereocenters. The van der Waals surface area contributed by atoms with Gasteiger partial charge in [0, 0.05) is 11.0 Å². The van der Waals surface area contributed by atoms with Crippen molar-refractivity contribution in [3.8, 4) is 0 Å². The van der Waals surface area contributed by atoms with E-state index in [0.29, 0.717) is 0 Å². The average molecular weight is 322 g/mol. The third-order valence-electron chi connectivity index (χ3n) is 1.97. The van der Waals surface area contributed by atoms with Crippen LogP contribution in [-0.4, -0.2) is 28.0 Å². The highest BCUT2D eigenvalue weighted by molar-refractivity contribution is 9.10. The maximum atomic E-state index is 11.7. The lowest BCUT2D eigenvalue weighted by atomic mass is 10.4. The molecule has 1 N–H and O–H groups in total. The molecule has 7 heteroatoms. The highest BCUT2D eigenvalue weighted by Gasteiger charge is 2.13. The van der Waals surface area contributed by atoms with Gasteiger partial charge in [0.2, 0.25) is 10.0 Å². The number of halogens is 1. The number of hydrogen-bond donors (Lipinski definition) is 1. The third kappa shape index (κ3) is 4.45. The van der Waals surface area contributed by atoms with Crippen molar-refractivity contribution in [3.63, 3.8) is 0 Å². The molecule has 0 saturated carbocycles. The van der Waals surface area contributed by atoms with E-state index < -0.39 is 16.0 Å². The van der Waals surface area contributed by atoms with Crippen molar-refractivity contribution in [3.05, 3.63) is 28.7 Å². The lowest BCUT2D eigenvalue weighted by molar-refractivity contribution is -0.140. The van der Waals surface area contributed by atoms with E-state index in [0.717, 1.165) is 4.47 Å². The normalized spacial score (nSPS) is 11.2. The summed E-state index contributed by atoms with van der Waals surface area (Å²) >= 11 is 3.22. The highest BCUT2D eigenvalue weighted by atomic mass is 79.9. The molecule has 0 saturated heterocycles. The lowest BCUT2D eigenvalue weighted by Gasteiger charge is -2.05. The summed E-state index contributed by atoms with van der Waals surface area (Å²) in [7, 11) is -2.30. The molecule has 0 aliphatic carbocycles. The van der Waals surface area contributed by atoms with Gasteiger partial charge in [0.05, 0.1) is 18.4 Å². The topological polar surface area (TPSA) is 72.5 Å². The van der Waals surface area contributed by atoms with Crippen LogP contribution in [-0.2, 0) is 19.6 Å². The largest absolute Gasteiger partial charge is 0.469 e. The summed E-state index contributed by atoms with van der Waals surface area (Å²) in [5, 5.41) is 0. The fourth-order valence-electron chi connectivity index (χ4n) is 1.09. The van der Waals surface area contributed by atoms with E-state index in [-0.39, 0.29) is 17.9 Å². The van der Waals surface area contributed by atoms with E-state index in [2.05, 4.69) is 25.4 Å². The van der Waals surface area contributed by atoms with Crippen LogP contribution < -0.4 is 4.72 Å². The zero-order valence-corrected chi connectivity index (χ0v) is 11.5. The predicted octanol–water partition coefficient (Wildman–Crippen LogP) is 1.29. The molecule has 1 rings (SSSR count). The van der Waals surface area contributed by atoms with Gasteiger partial charge in [-0.25, -0.2) is 13.1 Å². The van der Waals surface area contributed by atoms with Crippen LogP contribution in [0.15, 0.2) is 33.6 Å². The first-order valence-corrected chi connectivity index (χ1v) is 7.05. The van der Waals surface area contributed by atoms with Crippen LogP contribution in [0.5, 0.6) is 0 Å². The summed E-state index contributed by atoms with van der Waals surface area (Å²) in [6.07, 6.45) is 0.00621. The van der Waals surface area contributed by atoms with Gasteiger partial charge in [-0.05, 0) is 24.3 Å². The van der Waals surface area contributed by atoms with Gasteiger partial charge in [-0.1, -0.05) is 15.9 Å². The summed E-state index contributed by atoms with van der Waals surface area (Å²) < 4.78 is 31.0. The number of carbonyl (C=O) groups is 1. The number of nitrogens with one attached hydrogen (secondary N) is 1. The molecule has 0 aromatic heterocycles. The number of rotatable bonds is 5. The minimum Gasteiger partial charge on any atom is -0.469 e. The van der Waals surface area contributed by atoms with E-state index in [1.165, 1.54) is 19.2 Å². The maximum absolute atomic E-state index is 11.7. The molecular formula is C10H12BrNO4S. The van der Waals surface area contributed by atoms with Crippen LogP contribution in [0.25, 0.3) is 0 Å². The Morgan fingerprint density at radius 2 is 1.94 bits per heavy atom. The quantitative estimate of drug-likeness (QED) is 0.829. The average Bonchev–Trinajstić information content (AvgIpc) is 2.29. The Hall–Kier alpha value is -0.920. The van der Waals surface area contributed by atoms with Crippen LogP contribution in [0.3, 0.4) is 0 Å². The molecule has 0 aliphatic rings. The zero-order chi connectivity index (χ0) is 12.9. The Morgan fingerprint density at radius 1 is 1.35 bits per heavy atom. The highest BCUT2D eigenvalue weighted by Crippen LogP contribution is 2.14. The third-order valence-corrected chi connectivity index (χ3v) is 3.98. The Balaban J connectivity index is 2.63. The molecule has 0 unspecified atom stereocenters. The van der Waals surface area contributed by atoms with Gasteiger partial charge < -0.3 is 4.74 Å². The molecular weight excluding hydrogens is 310 g/mol. The van der Waals surface area contributed by atoms with E-state index in [1.54, 1.807) is 12.1 Å². The van der Waals surface area contributed by atoms with Crippen LogP contribution in [0.2, 0.25) is 0 Å². The van der Waals surface area contributed by atoms with Gasteiger partial charge in [0.1, 0.15) is 0 Å². The smallest absolute Gasteiger partial charge is 0.306 e. The predicted molar refractivity (Wildman–Crippen MR) is 66.0 cm³/mol. The molecule has 0 bridgehead atoms. The number of carbonyl (C=O) groups excluding carboxylic acids is 1. The molecule has 17 heavy (non-hydrogen) atoms. The first-order chi connectivity index (χ1) is 7.95. The van der Waals surface area contributed by atoms with Crippen LogP contribution in [0, 0.1) is 0 Å². The fraction of sp³-hybridized carbons (Fsp3) is 0.300. The Bertz CT molecular complexity index is 484. The van der Waals surface area contributed by atoms with Gasteiger partial charge in [-0.3, -0.25) is 4.79 Å². The van der Waals surface area contributed by atoms with Crippen molar-refractivity contribution in [1.82, 2.24) is 4.72 Å². The number of esters is 1. The van der Waals surface area contributed by atoms with E-state index in [1.807, 2.05) is 0 Å². The van der Waals surface area contributed by atoms with Crippen molar-refractivity contribution in [2.24, 2.45) is 0 Å². The SMILES string of the molecule is COC(=O)CCNS(=O)(=O)c1ccc(Br)cc1. The number of sulfonamides is 1. The van der Waals surface area contributed by atoms with Crippen molar-refractivity contribution >= 4 is 31.9 Å². The molecule has 0 aliphatic heterocycles. The molecule has 0 fully saturated rings. The van der Waals surface area contributed by atoms with Crippen molar-refractivity contribution in [1.29, 1.82) is 0 Å². The van der Waals surface area contributed by atoms with Crippen LogP contribution >= 0.6 is 15.9 Å². The molecule has 1 aromatic carbocycles.